The number of nitrogens with one attached hydrogen (secondary N) is 2. The van der Waals surface area contributed by atoms with Crippen LogP contribution in [0.25, 0.3) is 0 Å². The van der Waals surface area contributed by atoms with Crippen molar-refractivity contribution in [2.45, 2.75) is 19.1 Å². The molecule has 31 heavy (non-hydrogen) atoms. The first kappa shape index (κ1) is 22.3. The molecule has 0 aliphatic heterocycles. The molecule has 0 saturated heterocycles. The van der Waals surface area contributed by atoms with Crippen molar-refractivity contribution in [3.05, 3.63) is 79.0 Å². The SMILES string of the molecule is COc1ccc(Cc2sc(=O)[nH]c2O)cc1CNC(=O)c1ccc(C(F)(F)F)cc1F. The molecular weight excluding hydrogens is 440 g/mol. The summed E-state index contributed by atoms with van der Waals surface area (Å²) in [6, 6.07) is 6.69. The molecule has 0 bridgehead atoms. The van der Waals surface area contributed by atoms with E-state index in [1.54, 1.807) is 18.2 Å². The minimum atomic E-state index is -4.72. The van der Waals surface area contributed by atoms with Crippen LogP contribution in [0.5, 0.6) is 11.6 Å². The van der Waals surface area contributed by atoms with Crippen LogP contribution in [0.3, 0.4) is 0 Å². The summed E-state index contributed by atoms with van der Waals surface area (Å²) in [6.45, 7) is -0.0916. The summed E-state index contributed by atoms with van der Waals surface area (Å²) in [6.07, 6.45) is -4.47. The zero-order valence-corrected chi connectivity index (χ0v) is 16.8. The Hall–Kier alpha value is -3.34. The van der Waals surface area contributed by atoms with Crippen LogP contribution in [0.15, 0.2) is 41.2 Å². The zero-order valence-electron chi connectivity index (χ0n) is 16.0. The number of aromatic hydroxyl groups is 1. The minimum Gasteiger partial charge on any atom is -0.496 e. The molecule has 1 aromatic heterocycles. The summed E-state index contributed by atoms with van der Waals surface area (Å²) in [5.41, 5.74) is -0.490. The molecular formula is C20H16F4N2O4S. The number of hydrogen-bond acceptors (Lipinski definition) is 5. The third-order valence-electron chi connectivity index (χ3n) is 4.39. The number of H-pyrrole nitrogens is 1. The maximum Gasteiger partial charge on any atom is 0.416 e. The van der Waals surface area contributed by atoms with Gasteiger partial charge in [-0.05, 0) is 35.9 Å². The Bertz CT molecular complexity index is 1170. The molecule has 1 amide bonds. The number of aromatic amines is 1. The molecule has 0 unspecified atom stereocenters. The van der Waals surface area contributed by atoms with Gasteiger partial charge in [-0.2, -0.15) is 13.2 Å². The van der Waals surface area contributed by atoms with Gasteiger partial charge in [0.15, 0.2) is 0 Å². The van der Waals surface area contributed by atoms with Crippen LogP contribution in [0.1, 0.15) is 31.9 Å². The average Bonchev–Trinajstić information content (AvgIpc) is 3.02. The molecule has 3 rings (SSSR count). The van der Waals surface area contributed by atoms with E-state index in [2.05, 4.69) is 10.3 Å². The molecule has 1 heterocycles. The number of carbonyl (C=O) groups excluding carboxylic acids is 1. The van der Waals surface area contributed by atoms with Gasteiger partial charge in [-0.1, -0.05) is 17.4 Å². The highest BCUT2D eigenvalue weighted by Crippen LogP contribution is 2.30. The van der Waals surface area contributed by atoms with Crippen molar-refractivity contribution in [3.63, 3.8) is 0 Å². The van der Waals surface area contributed by atoms with Crippen LogP contribution < -0.4 is 14.9 Å². The van der Waals surface area contributed by atoms with Crippen LogP contribution in [0.4, 0.5) is 17.6 Å². The Morgan fingerprint density at radius 1 is 1.23 bits per heavy atom. The molecule has 2 aromatic carbocycles. The van der Waals surface area contributed by atoms with Gasteiger partial charge in [-0.15, -0.1) is 0 Å². The van der Waals surface area contributed by atoms with E-state index in [-0.39, 0.29) is 24.9 Å². The quantitative estimate of drug-likeness (QED) is 0.492. The molecule has 11 heteroatoms. The van der Waals surface area contributed by atoms with E-state index in [1.165, 1.54) is 7.11 Å². The summed E-state index contributed by atoms with van der Waals surface area (Å²) < 4.78 is 57.2. The molecule has 0 saturated carbocycles. The van der Waals surface area contributed by atoms with Crippen molar-refractivity contribution < 1.29 is 32.2 Å². The van der Waals surface area contributed by atoms with Crippen molar-refractivity contribution in [1.82, 2.24) is 10.3 Å². The number of thiazole rings is 1. The first-order valence-electron chi connectivity index (χ1n) is 8.80. The highest BCUT2D eigenvalue weighted by Gasteiger charge is 2.31. The second-order valence-electron chi connectivity index (χ2n) is 6.48. The van der Waals surface area contributed by atoms with E-state index in [4.69, 9.17) is 4.74 Å². The van der Waals surface area contributed by atoms with Crippen LogP contribution in [-0.2, 0) is 19.1 Å². The fourth-order valence-corrected chi connectivity index (χ4v) is 3.64. The van der Waals surface area contributed by atoms with E-state index < -0.39 is 33.9 Å². The summed E-state index contributed by atoms with van der Waals surface area (Å²) in [4.78, 5) is 25.9. The van der Waals surface area contributed by atoms with E-state index in [0.29, 0.717) is 27.8 Å². The third kappa shape index (κ3) is 5.23. The van der Waals surface area contributed by atoms with Crippen molar-refractivity contribution in [3.8, 4) is 11.6 Å². The predicted octanol–water partition coefficient (Wildman–Crippen LogP) is 3.83. The molecule has 0 spiro atoms. The van der Waals surface area contributed by atoms with Crippen molar-refractivity contribution in [2.75, 3.05) is 7.11 Å². The summed E-state index contributed by atoms with van der Waals surface area (Å²) in [5, 5.41) is 12.2. The normalized spacial score (nSPS) is 11.4. The lowest BCUT2D eigenvalue weighted by molar-refractivity contribution is -0.137. The highest BCUT2D eigenvalue weighted by atomic mass is 32.1. The van der Waals surface area contributed by atoms with Gasteiger partial charge >= 0.3 is 11.0 Å². The molecule has 0 aliphatic rings. The first-order chi connectivity index (χ1) is 14.6. The second-order valence-corrected chi connectivity index (χ2v) is 7.55. The number of aromatic nitrogens is 1. The fourth-order valence-electron chi connectivity index (χ4n) is 2.88. The van der Waals surface area contributed by atoms with E-state index in [0.717, 1.165) is 17.4 Å². The number of ether oxygens (including phenoxy) is 1. The molecule has 164 valence electrons. The fraction of sp³-hybridized carbons (Fsp3) is 0.200. The van der Waals surface area contributed by atoms with Crippen LogP contribution in [-0.4, -0.2) is 23.1 Å². The van der Waals surface area contributed by atoms with E-state index in [9.17, 15) is 32.3 Å². The first-order valence-corrected chi connectivity index (χ1v) is 9.62. The topological polar surface area (TPSA) is 91.4 Å². The third-order valence-corrected chi connectivity index (χ3v) is 5.26. The van der Waals surface area contributed by atoms with Gasteiger partial charge < -0.3 is 15.2 Å². The minimum absolute atomic E-state index is 0.0916. The molecule has 0 atom stereocenters. The Labute approximate surface area is 177 Å². The summed E-state index contributed by atoms with van der Waals surface area (Å²) in [7, 11) is 1.42. The largest absolute Gasteiger partial charge is 0.496 e. The summed E-state index contributed by atoms with van der Waals surface area (Å²) >= 11 is 0.861. The lowest BCUT2D eigenvalue weighted by atomic mass is 10.1. The van der Waals surface area contributed by atoms with Crippen molar-refractivity contribution in [1.29, 1.82) is 0 Å². The number of amides is 1. The number of halogens is 4. The smallest absolute Gasteiger partial charge is 0.416 e. The van der Waals surface area contributed by atoms with Gasteiger partial charge in [0.2, 0.25) is 5.88 Å². The van der Waals surface area contributed by atoms with Gasteiger partial charge in [0.25, 0.3) is 5.91 Å². The van der Waals surface area contributed by atoms with Crippen LogP contribution >= 0.6 is 11.3 Å². The van der Waals surface area contributed by atoms with Gasteiger partial charge in [0.05, 0.1) is 23.1 Å². The van der Waals surface area contributed by atoms with Crippen molar-refractivity contribution >= 4 is 17.2 Å². The molecule has 0 fully saturated rings. The molecule has 0 aliphatic carbocycles. The standard InChI is InChI=1S/C20H16F4N2O4S/c1-30-15-5-2-10(7-16-18(28)26-19(29)31-16)6-11(15)9-25-17(27)13-4-3-12(8-14(13)21)20(22,23)24/h2-6,8,28H,7,9H2,1H3,(H,25,27)(H,26,29). The number of methoxy groups -OCH3 is 1. The predicted molar refractivity (Wildman–Crippen MR) is 105 cm³/mol. The number of rotatable bonds is 6. The average molecular weight is 456 g/mol. The Morgan fingerprint density at radius 3 is 2.55 bits per heavy atom. The molecule has 6 nitrogen and oxygen atoms in total. The molecule has 0 radical (unpaired) electrons. The van der Waals surface area contributed by atoms with E-state index >= 15 is 0 Å². The summed E-state index contributed by atoms with van der Waals surface area (Å²) in [5.74, 6) is -1.98. The zero-order chi connectivity index (χ0) is 22.8. The monoisotopic (exact) mass is 456 g/mol. The van der Waals surface area contributed by atoms with Crippen LogP contribution in [0.2, 0.25) is 0 Å². The van der Waals surface area contributed by atoms with E-state index in [1.807, 2.05) is 0 Å². The maximum atomic E-state index is 14.0. The Balaban J connectivity index is 1.76. The lowest BCUT2D eigenvalue weighted by Crippen LogP contribution is -2.24. The van der Waals surface area contributed by atoms with Crippen LogP contribution in [0, 0.1) is 5.82 Å². The second kappa shape index (κ2) is 8.80. The number of benzene rings is 2. The molecule has 3 N–H and O–H groups in total. The van der Waals surface area contributed by atoms with Gasteiger partial charge in [0, 0.05) is 18.5 Å². The Morgan fingerprint density at radius 2 is 1.97 bits per heavy atom. The lowest BCUT2D eigenvalue weighted by Gasteiger charge is -2.13. The van der Waals surface area contributed by atoms with Gasteiger partial charge in [-0.3, -0.25) is 14.6 Å². The number of alkyl halides is 3. The Kier molecular flexibility index (Phi) is 6.34. The number of carbonyl (C=O) groups is 1. The maximum absolute atomic E-state index is 14.0. The molecule has 3 aromatic rings. The number of hydrogen-bond donors (Lipinski definition) is 3. The van der Waals surface area contributed by atoms with Gasteiger partial charge in [0.1, 0.15) is 11.6 Å². The van der Waals surface area contributed by atoms with Crippen molar-refractivity contribution in [2.24, 2.45) is 0 Å². The van der Waals surface area contributed by atoms with Gasteiger partial charge in [-0.25, -0.2) is 4.39 Å². The highest BCUT2D eigenvalue weighted by molar-refractivity contribution is 7.09.